The zero-order valence-electron chi connectivity index (χ0n) is 18.8. The minimum absolute atomic E-state index is 0.253. The van der Waals surface area contributed by atoms with Crippen LogP contribution in [0.3, 0.4) is 0 Å². The summed E-state index contributed by atoms with van der Waals surface area (Å²) in [5, 5.41) is 16.4. The Labute approximate surface area is 193 Å². The lowest BCUT2D eigenvalue weighted by Crippen LogP contribution is -2.42. The third kappa shape index (κ3) is 4.24. The van der Waals surface area contributed by atoms with Crippen LogP contribution in [-0.4, -0.2) is 48.6 Å². The van der Waals surface area contributed by atoms with Crippen LogP contribution in [0.4, 0.5) is 0 Å². The van der Waals surface area contributed by atoms with Gasteiger partial charge in [0.2, 0.25) is 0 Å². The number of aliphatic hydroxyl groups is 1. The van der Waals surface area contributed by atoms with Gasteiger partial charge in [0.1, 0.15) is 5.60 Å². The van der Waals surface area contributed by atoms with Crippen molar-refractivity contribution in [3.63, 3.8) is 0 Å². The van der Waals surface area contributed by atoms with Gasteiger partial charge in [-0.15, -0.1) is 0 Å². The first-order chi connectivity index (χ1) is 15.7. The largest absolute Gasteiger partial charge is 0.383 e. The highest BCUT2D eigenvalue weighted by molar-refractivity contribution is 7.90. The molecule has 3 aromatic rings. The van der Waals surface area contributed by atoms with E-state index in [1.165, 1.54) is 6.26 Å². The lowest BCUT2D eigenvalue weighted by atomic mass is 9.79. The molecule has 8 heteroatoms. The molecule has 1 aliphatic carbocycles. The van der Waals surface area contributed by atoms with Crippen LogP contribution in [-0.2, 0) is 24.9 Å². The van der Waals surface area contributed by atoms with Gasteiger partial charge in [0, 0.05) is 24.7 Å². The van der Waals surface area contributed by atoms with Gasteiger partial charge >= 0.3 is 0 Å². The van der Waals surface area contributed by atoms with Crippen LogP contribution in [0.2, 0.25) is 0 Å². The summed E-state index contributed by atoms with van der Waals surface area (Å²) in [5.74, 6) is -0.573. The van der Waals surface area contributed by atoms with Crippen molar-refractivity contribution in [3.8, 4) is 16.9 Å². The van der Waals surface area contributed by atoms with Crippen LogP contribution in [0, 0.1) is 6.92 Å². The van der Waals surface area contributed by atoms with Gasteiger partial charge in [-0.1, -0.05) is 29.8 Å². The Balaban J connectivity index is 1.54. The molecule has 174 valence electrons. The fourth-order valence-corrected chi connectivity index (χ4v) is 5.29. The number of benzene rings is 2. The number of aryl methyl sites for hydroxylation is 1. The average Bonchev–Trinajstić information content (AvgIpc) is 3.45. The molecule has 0 atom stereocenters. The van der Waals surface area contributed by atoms with Gasteiger partial charge in [0.05, 0.1) is 35.2 Å². The van der Waals surface area contributed by atoms with Crippen LogP contribution in [0.5, 0.6) is 0 Å². The Hall–Kier alpha value is -2.52. The molecule has 33 heavy (non-hydrogen) atoms. The Kier molecular flexibility index (Phi) is 5.44. The average molecular weight is 469 g/mol. The van der Waals surface area contributed by atoms with Gasteiger partial charge in [-0.05, 0) is 50.1 Å². The summed E-state index contributed by atoms with van der Waals surface area (Å²) >= 11 is 0. The van der Waals surface area contributed by atoms with E-state index in [0.717, 1.165) is 22.5 Å². The standard InChI is InChI=1S/C25H28N2O5S/c1-18-3-5-19(6-4-18)22-17-23(24(28)11-13-25(14-12-24)31-15-16-32-25)26-27(22)20-7-9-21(10-8-20)33(2,29)30/h3-10,17,28H,11-16H2,1-2H3. The molecule has 0 bridgehead atoms. The van der Waals surface area contributed by atoms with Gasteiger partial charge in [-0.3, -0.25) is 0 Å². The van der Waals surface area contributed by atoms with Gasteiger partial charge in [-0.2, -0.15) is 5.10 Å². The maximum Gasteiger partial charge on any atom is 0.175 e. The lowest BCUT2D eigenvalue weighted by Gasteiger charge is -2.39. The number of sulfone groups is 1. The number of ether oxygens (including phenoxy) is 2. The molecule has 2 aliphatic rings. The Morgan fingerprint density at radius 3 is 2.12 bits per heavy atom. The van der Waals surface area contributed by atoms with Crippen molar-refractivity contribution in [2.24, 2.45) is 0 Å². The van der Waals surface area contributed by atoms with Crippen LogP contribution in [0.15, 0.2) is 59.5 Å². The van der Waals surface area contributed by atoms with Crippen molar-refractivity contribution >= 4 is 9.84 Å². The zero-order chi connectivity index (χ0) is 23.3. The number of hydrogen-bond acceptors (Lipinski definition) is 6. The topological polar surface area (TPSA) is 90.7 Å². The van der Waals surface area contributed by atoms with Gasteiger partial charge in [0.15, 0.2) is 15.6 Å². The van der Waals surface area contributed by atoms with Crippen molar-refractivity contribution < 1.29 is 23.0 Å². The molecule has 1 saturated heterocycles. The second-order valence-electron chi connectivity index (χ2n) is 9.10. The summed E-state index contributed by atoms with van der Waals surface area (Å²) in [6.07, 6.45) is 3.39. The van der Waals surface area contributed by atoms with E-state index in [1.54, 1.807) is 28.9 Å². The summed E-state index contributed by atoms with van der Waals surface area (Å²) in [7, 11) is -3.30. The second kappa shape index (κ2) is 8.06. The van der Waals surface area contributed by atoms with Crippen LogP contribution in [0.25, 0.3) is 16.9 Å². The summed E-state index contributed by atoms with van der Waals surface area (Å²) in [4.78, 5) is 0.253. The molecule has 1 saturated carbocycles. The smallest absolute Gasteiger partial charge is 0.175 e. The molecular formula is C25H28N2O5S. The molecule has 0 unspecified atom stereocenters. The van der Waals surface area contributed by atoms with E-state index in [2.05, 4.69) is 0 Å². The molecule has 2 heterocycles. The molecule has 1 aromatic heterocycles. The predicted octanol–water partition coefficient (Wildman–Crippen LogP) is 3.76. The number of hydrogen-bond donors (Lipinski definition) is 1. The third-order valence-electron chi connectivity index (χ3n) is 6.70. The van der Waals surface area contributed by atoms with E-state index in [0.29, 0.717) is 44.6 Å². The maximum absolute atomic E-state index is 11.9. The fourth-order valence-electron chi connectivity index (χ4n) is 4.66. The van der Waals surface area contributed by atoms with E-state index < -0.39 is 21.2 Å². The van der Waals surface area contributed by atoms with Crippen molar-refractivity contribution in [1.82, 2.24) is 9.78 Å². The lowest BCUT2D eigenvalue weighted by molar-refractivity contribution is -0.204. The van der Waals surface area contributed by atoms with Crippen molar-refractivity contribution in [2.75, 3.05) is 19.5 Å². The Morgan fingerprint density at radius 1 is 0.939 bits per heavy atom. The van der Waals surface area contributed by atoms with E-state index in [9.17, 15) is 13.5 Å². The van der Waals surface area contributed by atoms with Crippen molar-refractivity contribution in [2.45, 2.75) is 48.9 Å². The third-order valence-corrected chi connectivity index (χ3v) is 7.82. The number of aromatic nitrogens is 2. The summed E-state index contributed by atoms with van der Waals surface area (Å²) in [6, 6.07) is 16.7. The molecule has 0 amide bonds. The normalized spacial score (nSPS) is 19.7. The van der Waals surface area contributed by atoms with Crippen LogP contribution >= 0.6 is 0 Å². The van der Waals surface area contributed by atoms with Crippen LogP contribution < -0.4 is 0 Å². The minimum Gasteiger partial charge on any atom is -0.383 e. The number of rotatable bonds is 4. The molecule has 0 radical (unpaired) electrons. The Bertz CT molecular complexity index is 1250. The highest BCUT2D eigenvalue weighted by Crippen LogP contribution is 2.45. The number of nitrogens with zero attached hydrogens (tertiary/aromatic N) is 2. The molecule has 1 aliphatic heterocycles. The highest BCUT2D eigenvalue weighted by Gasteiger charge is 2.47. The SMILES string of the molecule is Cc1ccc(-c2cc(C3(O)CCC4(CC3)OCCO4)nn2-c2ccc(S(C)(=O)=O)cc2)cc1. The predicted molar refractivity (Wildman–Crippen MR) is 124 cm³/mol. The molecule has 1 N–H and O–H groups in total. The van der Waals surface area contributed by atoms with E-state index in [4.69, 9.17) is 14.6 Å². The van der Waals surface area contributed by atoms with Crippen molar-refractivity contribution in [3.05, 3.63) is 65.9 Å². The molecule has 1 spiro atoms. The summed E-state index contributed by atoms with van der Waals surface area (Å²) in [6.45, 7) is 3.21. The molecular weight excluding hydrogens is 440 g/mol. The second-order valence-corrected chi connectivity index (χ2v) is 11.1. The quantitative estimate of drug-likeness (QED) is 0.627. The van der Waals surface area contributed by atoms with E-state index in [1.807, 2.05) is 37.3 Å². The Morgan fingerprint density at radius 2 is 1.55 bits per heavy atom. The van der Waals surface area contributed by atoms with Gasteiger partial charge in [-0.25, -0.2) is 13.1 Å². The van der Waals surface area contributed by atoms with Gasteiger partial charge < -0.3 is 14.6 Å². The van der Waals surface area contributed by atoms with Crippen molar-refractivity contribution in [1.29, 1.82) is 0 Å². The van der Waals surface area contributed by atoms with E-state index >= 15 is 0 Å². The van der Waals surface area contributed by atoms with E-state index in [-0.39, 0.29) is 4.90 Å². The fraction of sp³-hybridized carbons (Fsp3) is 0.400. The maximum atomic E-state index is 11.9. The summed E-state index contributed by atoms with van der Waals surface area (Å²) < 4.78 is 37.2. The van der Waals surface area contributed by atoms with Gasteiger partial charge in [0.25, 0.3) is 0 Å². The first-order valence-corrected chi connectivity index (χ1v) is 13.1. The highest BCUT2D eigenvalue weighted by atomic mass is 32.2. The first-order valence-electron chi connectivity index (χ1n) is 11.2. The molecule has 2 aromatic carbocycles. The van der Waals surface area contributed by atoms with Crippen LogP contribution in [0.1, 0.15) is 36.9 Å². The summed E-state index contributed by atoms with van der Waals surface area (Å²) in [5.41, 5.74) is 3.18. The monoisotopic (exact) mass is 468 g/mol. The zero-order valence-corrected chi connectivity index (χ0v) is 19.6. The first kappa shape index (κ1) is 22.3. The molecule has 2 fully saturated rings. The minimum atomic E-state index is -3.30. The molecule has 7 nitrogen and oxygen atoms in total. The molecule has 5 rings (SSSR count).